The number of rotatable bonds is 7. The molecule has 3 aromatic heterocycles. The van der Waals surface area contributed by atoms with E-state index in [-0.39, 0.29) is 18.2 Å². The molecule has 2 amide bonds. The molecule has 2 N–H and O–H groups in total. The molecule has 10 heteroatoms. The summed E-state index contributed by atoms with van der Waals surface area (Å²) in [5.41, 5.74) is 2.51. The molecular formula is C21H17ClN4O2S3. The van der Waals surface area contributed by atoms with E-state index in [2.05, 4.69) is 20.6 Å². The molecule has 6 nitrogen and oxygen atoms in total. The Labute approximate surface area is 196 Å². The second-order valence-electron chi connectivity index (χ2n) is 6.55. The van der Waals surface area contributed by atoms with E-state index in [4.69, 9.17) is 11.6 Å². The highest BCUT2D eigenvalue weighted by Crippen LogP contribution is 2.28. The van der Waals surface area contributed by atoms with Crippen molar-refractivity contribution in [3.8, 4) is 11.3 Å². The maximum atomic E-state index is 12.3. The van der Waals surface area contributed by atoms with Crippen LogP contribution in [0.25, 0.3) is 11.3 Å². The molecule has 4 rings (SSSR count). The van der Waals surface area contributed by atoms with Gasteiger partial charge in [-0.05, 0) is 30.5 Å². The highest BCUT2D eigenvalue weighted by molar-refractivity contribution is 7.14. The van der Waals surface area contributed by atoms with Crippen molar-refractivity contribution in [1.29, 1.82) is 0 Å². The summed E-state index contributed by atoms with van der Waals surface area (Å²) in [6.45, 7) is 2.36. The molecule has 0 spiro atoms. The van der Waals surface area contributed by atoms with Gasteiger partial charge >= 0.3 is 0 Å². The van der Waals surface area contributed by atoms with Crippen LogP contribution in [0.1, 0.15) is 25.3 Å². The number of nitrogens with zero attached hydrogens (tertiary/aromatic N) is 2. The van der Waals surface area contributed by atoms with Gasteiger partial charge in [0.15, 0.2) is 5.13 Å². The van der Waals surface area contributed by atoms with Gasteiger partial charge < -0.3 is 5.32 Å². The first-order chi connectivity index (χ1) is 15.0. The molecule has 4 aromatic rings. The lowest BCUT2D eigenvalue weighted by atomic mass is 10.1. The van der Waals surface area contributed by atoms with Crippen LogP contribution in [0.15, 0.2) is 47.2 Å². The number of thiophene rings is 1. The van der Waals surface area contributed by atoms with Gasteiger partial charge in [-0.1, -0.05) is 29.8 Å². The maximum Gasteiger partial charge on any atom is 0.267 e. The molecule has 0 unspecified atom stereocenters. The van der Waals surface area contributed by atoms with Crippen LogP contribution in [0.5, 0.6) is 0 Å². The van der Waals surface area contributed by atoms with Gasteiger partial charge in [0, 0.05) is 20.8 Å². The second-order valence-corrected chi connectivity index (χ2v) is 10.1. The van der Waals surface area contributed by atoms with Crippen LogP contribution < -0.4 is 10.6 Å². The molecular weight excluding hydrogens is 472 g/mol. The highest BCUT2D eigenvalue weighted by atomic mass is 35.5. The Morgan fingerprint density at radius 1 is 1.10 bits per heavy atom. The average molecular weight is 489 g/mol. The largest absolute Gasteiger partial charge is 0.349 e. The number of anilines is 1. The molecule has 3 heterocycles. The Bertz CT molecular complexity index is 1200. The van der Waals surface area contributed by atoms with Crippen molar-refractivity contribution in [3.63, 3.8) is 0 Å². The first-order valence-corrected chi connectivity index (χ1v) is 12.2. The summed E-state index contributed by atoms with van der Waals surface area (Å²) in [5.74, 6) is -0.349. The Kier molecular flexibility index (Phi) is 6.77. The van der Waals surface area contributed by atoms with Crippen LogP contribution in [0.3, 0.4) is 0 Å². The molecule has 0 fully saturated rings. The van der Waals surface area contributed by atoms with Crippen molar-refractivity contribution in [2.24, 2.45) is 0 Å². The van der Waals surface area contributed by atoms with Gasteiger partial charge in [-0.15, -0.1) is 34.0 Å². The van der Waals surface area contributed by atoms with Crippen LogP contribution in [-0.4, -0.2) is 21.8 Å². The topological polar surface area (TPSA) is 84.0 Å². The molecule has 0 bridgehead atoms. The number of benzene rings is 1. The molecule has 31 heavy (non-hydrogen) atoms. The predicted octanol–water partition coefficient (Wildman–Crippen LogP) is 5.40. The first-order valence-electron chi connectivity index (χ1n) is 9.26. The van der Waals surface area contributed by atoms with E-state index in [1.165, 1.54) is 22.7 Å². The monoisotopic (exact) mass is 488 g/mol. The van der Waals surface area contributed by atoms with Gasteiger partial charge in [0.1, 0.15) is 5.01 Å². The minimum absolute atomic E-state index is 0.139. The zero-order valence-electron chi connectivity index (χ0n) is 16.3. The third kappa shape index (κ3) is 5.56. The van der Waals surface area contributed by atoms with Gasteiger partial charge in [-0.3, -0.25) is 14.9 Å². The first kappa shape index (κ1) is 21.6. The Morgan fingerprint density at radius 2 is 1.90 bits per heavy atom. The number of carbonyl (C=O) groups is 2. The Morgan fingerprint density at radius 3 is 2.65 bits per heavy atom. The molecule has 0 saturated carbocycles. The van der Waals surface area contributed by atoms with Crippen molar-refractivity contribution in [2.75, 3.05) is 5.32 Å². The highest BCUT2D eigenvalue weighted by Gasteiger charge is 2.14. The standard InChI is InChI=1S/C21H17ClN4O2S3/c1-12-19(13-4-6-14(22)7-5-13)25-18(31-12)10-23-17(27)9-15-11-30-21(24-15)26-20(28)16-3-2-8-29-16/h2-8,11H,9-10H2,1H3,(H,23,27)(H,24,26,28). The molecule has 0 saturated heterocycles. The normalized spacial score (nSPS) is 10.8. The number of amides is 2. The zero-order valence-corrected chi connectivity index (χ0v) is 19.6. The summed E-state index contributed by atoms with van der Waals surface area (Å²) < 4.78 is 0. The number of carbonyl (C=O) groups excluding carboxylic acids is 2. The van der Waals surface area contributed by atoms with Gasteiger partial charge in [0.25, 0.3) is 5.91 Å². The van der Waals surface area contributed by atoms with E-state index < -0.39 is 0 Å². The average Bonchev–Trinajstić information content (AvgIpc) is 3.49. The summed E-state index contributed by atoms with van der Waals surface area (Å²) >= 11 is 10.2. The Hall–Kier alpha value is -2.59. The van der Waals surface area contributed by atoms with Crippen molar-refractivity contribution < 1.29 is 9.59 Å². The lowest BCUT2D eigenvalue weighted by Crippen LogP contribution is -2.24. The number of aromatic nitrogens is 2. The summed E-state index contributed by atoms with van der Waals surface area (Å²) in [7, 11) is 0. The van der Waals surface area contributed by atoms with Crippen molar-refractivity contribution in [3.05, 3.63) is 72.6 Å². The number of thiazole rings is 2. The third-order valence-corrected chi connectivity index (χ3v) is 7.15. The number of hydrogen-bond donors (Lipinski definition) is 2. The van der Waals surface area contributed by atoms with Gasteiger partial charge in [0.05, 0.1) is 29.2 Å². The lowest BCUT2D eigenvalue weighted by molar-refractivity contribution is -0.120. The lowest BCUT2D eigenvalue weighted by Gasteiger charge is -2.01. The fraction of sp³-hybridized carbons (Fsp3) is 0.143. The van der Waals surface area contributed by atoms with E-state index in [0.717, 1.165) is 21.1 Å². The van der Waals surface area contributed by atoms with E-state index in [1.807, 2.05) is 42.6 Å². The van der Waals surface area contributed by atoms with E-state index in [1.54, 1.807) is 22.8 Å². The van der Waals surface area contributed by atoms with Crippen LogP contribution in [0.4, 0.5) is 5.13 Å². The van der Waals surface area contributed by atoms with Crippen molar-refractivity contribution >= 4 is 62.6 Å². The van der Waals surface area contributed by atoms with E-state index in [9.17, 15) is 9.59 Å². The van der Waals surface area contributed by atoms with Crippen LogP contribution in [-0.2, 0) is 17.8 Å². The molecule has 0 atom stereocenters. The number of nitrogens with one attached hydrogen (secondary N) is 2. The van der Waals surface area contributed by atoms with Crippen LogP contribution in [0, 0.1) is 6.92 Å². The van der Waals surface area contributed by atoms with E-state index >= 15 is 0 Å². The number of hydrogen-bond acceptors (Lipinski definition) is 7. The molecule has 0 aliphatic carbocycles. The minimum atomic E-state index is -0.198. The third-order valence-electron chi connectivity index (χ3n) is 4.25. The number of halogens is 1. The summed E-state index contributed by atoms with van der Waals surface area (Å²) in [4.78, 5) is 35.1. The fourth-order valence-electron chi connectivity index (χ4n) is 2.82. The predicted molar refractivity (Wildman–Crippen MR) is 127 cm³/mol. The maximum absolute atomic E-state index is 12.3. The quantitative estimate of drug-likeness (QED) is 0.364. The summed E-state index contributed by atoms with van der Waals surface area (Å²) in [6.07, 6.45) is 0.139. The van der Waals surface area contributed by atoms with Gasteiger partial charge in [-0.25, -0.2) is 9.97 Å². The van der Waals surface area contributed by atoms with Crippen molar-refractivity contribution in [2.45, 2.75) is 19.9 Å². The SMILES string of the molecule is Cc1sc(CNC(=O)Cc2csc(NC(=O)c3cccs3)n2)nc1-c1ccc(Cl)cc1. The molecule has 158 valence electrons. The van der Waals surface area contributed by atoms with E-state index in [0.29, 0.717) is 27.3 Å². The zero-order chi connectivity index (χ0) is 21.8. The van der Waals surface area contributed by atoms with Gasteiger partial charge in [-0.2, -0.15) is 0 Å². The minimum Gasteiger partial charge on any atom is -0.349 e. The van der Waals surface area contributed by atoms with Gasteiger partial charge in [0.2, 0.25) is 5.91 Å². The fourth-order valence-corrected chi connectivity index (χ4v) is 5.16. The molecule has 1 aromatic carbocycles. The van der Waals surface area contributed by atoms with Crippen LogP contribution in [0.2, 0.25) is 5.02 Å². The summed E-state index contributed by atoms with van der Waals surface area (Å²) in [6, 6.07) is 11.1. The molecule has 0 aliphatic rings. The van der Waals surface area contributed by atoms with Crippen LogP contribution >= 0.6 is 45.6 Å². The number of aryl methyl sites for hydroxylation is 1. The second kappa shape index (κ2) is 9.69. The molecule has 0 radical (unpaired) electrons. The van der Waals surface area contributed by atoms with Crippen molar-refractivity contribution in [1.82, 2.24) is 15.3 Å². The molecule has 0 aliphatic heterocycles. The summed E-state index contributed by atoms with van der Waals surface area (Å²) in [5, 5.41) is 11.2. The Balaban J connectivity index is 1.31. The smallest absolute Gasteiger partial charge is 0.267 e.